The summed E-state index contributed by atoms with van der Waals surface area (Å²) >= 11 is 6.38. The zero-order valence-electron chi connectivity index (χ0n) is 17.9. The number of hydrogen-bond donors (Lipinski definition) is 0. The fourth-order valence-corrected chi connectivity index (χ4v) is 4.66. The van der Waals surface area contributed by atoms with Crippen LogP contribution in [0.25, 0.3) is 16.6 Å². The lowest BCUT2D eigenvalue weighted by Crippen LogP contribution is -2.42. The predicted octanol–water partition coefficient (Wildman–Crippen LogP) is 4.48. The van der Waals surface area contributed by atoms with Crippen molar-refractivity contribution in [3.05, 3.63) is 70.8 Å². The number of methoxy groups -OCH3 is 1. The summed E-state index contributed by atoms with van der Waals surface area (Å²) in [4.78, 5) is 12.7. The number of benzene rings is 2. The van der Waals surface area contributed by atoms with Gasteiger partial charge in [-0.05, 0) is 42.2 Å². The molecule has 0 radical (unpaired) electrons. The summed E-state index contributed by atoms with van der Waals surface area (Å²) < 4.78 is 32.8. The molecule has 1 fully saturated rings. The molecule has 0 unspecified atom stereocenters. The second kappa shape index (κ2) is 8.61. The van der Waals surface area contributed by atoms with E-state index in [1.807, 2.05) is 22.6 Å². The van der Waals surface area contributed by atoms with Gasteiger partial charge in [0.2, 0.25) is 0 Å². The quantitative estimate of drug-likeness (QED) is 0.401. The van der Waals surface area contributed by atoms with Crippen molar-refractivity contribution in [2.45, 2.75) is 24.9 Å². The molecule has 170 valence electrons. The van der Waals surface area contributed by atoms with Crippen molar-refractivity contribution in [2.75, 3.05) is 20.3 Å². The minimum absolute atomic E-state index is 0.198. The van der Waals surface area contributed by atoms with Crippen molar-refractivity contribution in [1.29, 1.82) is 0 Å². The lowest BCUT2D eigenvalue weighted by molar-refractivity contribution is -0.151. The van der Waals surface area contributed by atoms with Gasteiger partial charge < -0.3 is 14.2 Å². The number of rotatable bonds is 5. The van der Waals surface area contributed by atoms with Crippen LogP contribution in [0.2, 0.25) is 5.02 Å². The Morgan fingerprint density at radius 2 is 2.03 bits per heavy atom. The number of carbonyl (C=O) groups is 1. The first-order valence-electron chi connectivity index (χ1n) is 10.5. The van der Waals surface area contributed by atoms with Gasteiger partial charge in [-0.1, -0.05) is 23.7 Å². The number of hydrogen-bond acceptors (Lipinski definition) is 6. The fourth-order valence-electron chi connectivity index (χ4n) is 4.40. The van der Waals surface area contributed by atoms with E-state index in [1.165, 1.54) is 19.2 Å². The molecule has 0 amide bonds. The number of aromatic nitrogens is 3. The Kier molecular flexibility index (Phi) is 5.64. The van der Waals surface area contributed by atoms with Gasteiger partial charge in [0.15, 0.2) is 5.65 Å². The van der Waals surface area contributed by atoms with E-state index in [1.54, 1.807) is 18.5 Å². The highest BCUT2D eigenvalue weighted by Gasteiger charge is 2.43. The Hall–Kier alpha value is -3.23. The van der Waals surface area contributed by atoms with E-state index in [-0.39, 0.29) is 6.61 Å². The number of fused-ring (bicyclic) bond motifs is 3. The van der Waals surface area contributed by atoms with Crippen LogP contribution in [0.3, 0.4) is 0 Å². The first-order chi connectivity index (χ1) is 16.0. The van der Waals surface area contributed by atoms with Crippen molar-refractivity contribution < 1.29 is 23.4 Å². The number of pyridine rings is 1. The van der Waals surface area contributed by atoms with Crippen LogP contribution in [-0.4, -0.2) is 40.9 Å². The molecule has 4 aromatic rings. The highest BCUT2D eigenvalue weighted by molar-refractivity contribution is 6.35. The summed E-state index contributed by atoms with van der Waals surface area (Å²) in [5, 5.41) is 9.44. The fraction of sp³-hybridized carbons (Fsp3) is 0.292. The average molecular weight is 470 g/mol. The Morgan fingerprint density at radius 3 is 2.82 bits per heavy atom. The van der Waals surface area contributed by atoms with E-state index in [2.05, 4.69) is 10.2 Å². The van der Waals surface area contributed by atoms with Crippen LogP contribution in [-0.2, 0) is 26.3 Å². The van der Waals surface area contributed by atoms with Crippen molar-refractivity contribution in [2.24, 2.45) is 0 Å². The minimum Gasteiger partial charge on any atom is -0.489 e. The van der Waals surface area contributed by atoms with E-state index < -0.39 is 17.2 Å². The maximum Gasteiger partial charge on any atom is 0.316 e. The monoisotopic (exact) mass is 469 g/mol. The van der Waals surface area contributed by atoms with Crippen molar-refractivity contribution in [1.82, 2.24) is 14.6 Å². The highest BCUT2D eigenvalue weighted by Crippen LogP contribution is 2.38. The van der Waals surface area contributed by atoms with E-state index in [0.29, 0.717) is 48.0 Å². The van der Waals surface area contributed by atoms with Crippen LogP contribution < -0.4 is 4.74 Å². The van der Waals surface area contributed by atoms with Gasteiger partial charge in [-0.2, -0.15) is 0 Å². The molecule has 3 heterocycles. The zero-order valence-corrected chi connectivity index (χ0v) is 18.6. The number of esters is 1. The average Bonchev–Trinajstić information content (AvgIpc) is 3.31. The Bertz CT molecular complexity index is 1350. The number of halogens is 2. The summed E-state index contributed by atoms with van der Waals surface area (Å²) in [6.45, 7) is 1.00. The smallest absolute Gasteiger partial charge is 0.316 e. The molecule has 1 saturated heterocycles. The molecular formula is C24H21ClFN3O4. The number of ether oxygens (including phenoxy) is 3. The second-order valence-electron chi connectivity index (χ2n) is 8.05. The third-order valence-electron chi connectivity index (χ3n) is 6.16. The molecule has 0 N–H and O–H groups in total. The van der Waals surface area contributed by atoms with Crippen molar-refractivity contribution in [3.8, 4) is 5.75 Å². The minimum atomic E-state index is -0.951. The first kappa shape index (κ1) is 21.6. The van der Waals surface area contributed by atoms with Gasteiger partial charge in [0.25, 0.3) is 0 Å². The zero-order chi connectivity index (χ0) is 23.0. The molecule has 0 spiro atoms. The summed E-state index contributed by atoms with van der Waals surface area (Å²) in [6, 6.07) is 11.9. The molecule has 0 aliphatic carbocycles. The lowest BCUT2D eigenvalue weighted by Gasteiger charge is -2.35. The van der Waals surface area contributed by atoms with E-state index >= 15 is 0 Å². The standard InChI is InChI=1S/C24H21ClFN3O4/c1-31-23(30)24(4-6-32-7-5-24)16-9-17(26)11-18(10-16)33-13-15-2-3-19-20(25)12-22-28-27-14-29(22)21(19)8-15/h2-3,8-12,14H,4-7,13H2,1H3. The topological polar surface area (TPSA) is 75.0 Å². The van der Waals surface area contributed by atoms with Crippen LogP contribution >= 0.6 is 11.6 Å². The van der Waals surface area contributed by atoms with Crippen LogP contribution in [0.1, 0.15) is 24.0 Å². The Morgan fingerprint density at radius 1 is 1.21 bits per heavy atom. The van der Waals surface area contributed by atoms with E-state index in [0.717, 1.165) is 16.5 Å². The maximum atomic E-state index is 14.5. The van der Waals surface area contributed by atoms with Crippen LogP contribution in [0.5, 0.6) is 5.75 Å². The van der Waals surface area contributed by atoms with Crippen LogP contribution in [0, 0.1) is 5.82 Å². The molecule has 2 aromatic heterocycles. The third kappa shape index (κ3) is 3.89. The third-order valence-corrected chi connectivity index (χ3v) is 6.47. The summed E-state index contributed by atoms with van der Waals surface area (Å²) in [6.07, 6.45) is 2.46. The molecule has 9 heteroatoms. The normalized spacial score (nSPS) is 15.6. The van der Waals surface area contributed by atoms with Crippen LogP contribution in [0.15, 0.2) is 48.8 Å². The summed E-state index contributed by atoms with van der Waals surface area (Å²) in [5.74, 6) is -0.541. The molecule has 1 aliphatic heterocycles. The van der Waals surface area contributed by atoms with Gasteiger partial charge in [0, 0.05) is 30.7 Å². The van der Waals surface area contributed by atoms with Gasteiger partial charge in [-0.3, -0.25) is 9.20 Å². The number of carbonyl (C=O) groups excluding carboxylic acids is 1. The lowest BCUT2D eigenvalue weighted by atomic mass is 9.74. The van der Waals surface area contributed by atoms with Crippen molar-refractivity contribution >= 4 is 34.1 Å². The SMILES string of the molecule is COC(=O)C1(c2cc(F)cc(OCc3ccc4c(Cl)cc5nncn5c4c3)c2)CCOCC1. The largest absolute Gasteiger partial charge is 0.489 e. The molecule has 0 saturated carbocycles. The second-order valence-corrected chi connectivity index (χ2v) is 8.46. The van der Waals surface area contributed by atoms with E-state index in [4.69, 9.17) is 25.8 Å². The maximum absolute atomic E-state index is 14.5. The van der Waals surface area contributed by atoms with E-state index in [9.17, 15) is 9.18 Å². The van der Waals surface area contributed by atoms with Gasteiger partial charge in [0.1, 0.15) is 24.5 Å². The van der Waals surface area contributed by atoms with Gasteiger partial charge in [-0.15, -0.1) is 10.2 Å². The molecule has 0 atom stereocenters. The molecule has 1 aliphatic rings. The van der Waals surface area contributed by atoms with Gasteiger partial charge >= 0.3 is 5.97 Å². The molecule has 0 bridgehead atoms. The van der Waals surface area contributed by atoms with Gasteiger partial charge in [-0.25, -0.2) is 4.39 Å². The molecule has 5 rings (SSSR count). The predicted molar refractivity (Wildman–Crippen MR) is 120 cm³/mol. The molecule has 7 nitrogen and oxygen atoms in total. The molecular weight excluding hydrogens is 449 g/mol. The summed E-state index contributed by atoms with van der Waals surface area (Å²) in [5.41, 5.74) is 1.93. The highest BCUT2D eigenvalue weighted by atomic mass is 35.5. The Labute approximate surface area is 194 Å². The molecule has 33 heavy (non-hydrogen) atoms. The Balaban J connectivity index is 1.45. The number of nitrogens with zero attached hydrogens (tertiary/aromatic N) is 3. The van der Waals surface area contributed by atoms with Crippen LogP contribution in [0.4, 0.5) is 4.39 Å². The van der Waals surface area contributed by atoms with Crippen molar-refractivity contribution in [3.63, 3.8) is 0 Å². The first-order valence-corrected chi connectivity index (χ1v) is 10.9. The molecule has 2 aromatic carbocycles. The summed E-state index contributed by atoms with van der Waals surface area (Å²) in [7, 11) is 1.34. The van der Waals surface area contributed by atoms with Gasteiger partial charge in [0.05, 0.1) is 23.1 Å².